The largest absolute Gasteiger partial charge is 0.444 e. The highest BCUT2D eigenvalue weighted by Crippen LogP contribution is 2.46. The van der Waals surface area contributed by atoms with Crippen LogP contribution in [0.3, 0.4) is 0 Å². The number of rotatable bonds is 2. The molecule has 1 spiro atoms. The molecule has 0 saturated carbocycles. The standard InChI is InChI=1S/C19H24N4O5/c1-18(2,3)27-17(25)23-12-4-5-13(23)9-19(8-12)11-22(16(24)28-19)14-6-7-15(21-26)20-10-14/h6-7,10,12-13H,4-5,8-9,11H2,1-3H3. The number of ether oxygens (including phenoxy) is 2. The van der Waals surface area contributed by atoms with Crippen LogP contribution in [0.5, 0.6) is 0 Å². The van der Waals surface area contributed by atoms with Crippen LogP contribution in [0.4, 0.5) is 21.1 Å². The van der Waals surface area contributed by atoms with Gasteiger partial charge in [-0.3, -0.25) is 4.90 Å². The monoisotopic (exact) mass is 388 g/mol. The Balaban J connectivity index is 1.50. The molecule has 4 heterocycles. The van der Waals surface area contributed by atoms with Gasteiger partial charge in [-0.25, -0.2) is 14.6 Å². The van der Waals surface area contributed by atoms with E-state index >= 15 is 0 Å². The lowest BCUT2D eigenvalue weighted by atomic mass is 9.86. The number of nitroso groups, excluding NO2 is 1. The van der Waals surface area contributed by atoms with E-state index in [1.807, 2.05) is 25.7 Å². The Morgan fingerprint density at radius 2 is 1.96 bits per heavy atom. The molecule has 9 nitrogen and oxygen atoms in total. The molecule has 4 rings (SSSR count). The summed E-state index contributed by atoms with van der Waals surface area (Å²) < 4.78 is 11.4. The molecule has 150 valence electrons. The first-order valence-corrected chi connectivity index (χ1v) is 9.51. The molecule has 3 fully saturated rings. The summed E-state index contributed by atoms with van der Waals surface area (Å²) in [6.07, 6.45) is 3.66. The highest BCUT2D eigenvalue weighted by atomic mass is 16.6. The molecule has 3 saturated heterocycles. The van der Waals surface area contributed by atoms with Crippen LogP contribution in [-0.4, -0.2) is 51.9 Å². The van der Waals surface area contributed by atoms with E-state index in [9.17, 15) is 14.5 Å². The summed E-state index contributed by atoms with van der Waals surface area (Å²) in [5.41, 5.74) is -0.600. The predicted octanol–water partition coefficient (Wildman–Crippen LogP) is 3.74. The molecule has 2 bridgehead atoms. The lowest BCUT2D eigenvalue weighted by Crippen LogP contribution is -2.55. The van der Waals surface area contributed by atoms with Gasteiger partial charge in [0.05, 0.1) is 18.4 Å². The maximum absolute atomic E-state index is 12.6. The van der Waals surface area contributed by atoms with Crippen LogP contribution in [0.2, 0.25) is 0 Å². The van der Waals surface area contributed by atoms with Crippen LogP contribution in [0.1, 0.15) is 46.5 Å². The molecule has 3 aliphatic rings. The van der Waals surface area contributed by atoms with E-state index in [4.69, 9.17) is 9.47 Å². The normalized spacial score (nSPS) is 29.2. The zero-order valence-electron chi connectivity index (χ0n) is 16.3. The number of hydrogen-bond acceptors (Lipinski definition) is 7. The predicted molar refractivity (Wildman–Crippen MR) is 100 cm³/mol. The first-order chi connectivity index (χ1) is 13.2. The first kappa shape index (κ1) is 18.6. The number of pyridine rings is 1. The van der Waals surface area contributed by atoms with Gasteiger partial charge in [0.1, 0.15) is 11.2 Å². The second kappa shape index (κ2) is 6.42. The molecule has 0 N–H and O–H groups in total. The van der Waals surface area contributed by atoms with Crippen LogP contribution in [0.15, 0.2) is 23.5 Å². The molecule has 9 heteroatoms. The third kappa shape index (κ3) is 3.29. The molecule has 0 radical (unpaired) electrons. The summed E-state index contributed by atoms with van der Waals surface area (Å²) >= 11 is 0. The summed E-state index contributed by atoms with van der Waals surface area (Å²) in [6, 6.07) is 3.10. The zero-order valence-corrected chi connectivity index (χ0v) is 16.3. The smallest absolute Gasteiger partial charge is 0.415 e. The topological polar surface area (TPSA) is 101 Å². The van der Waals surface area contributed by atoms with Crippen molar-refractivity contribution in [2.24, 2.45) is 5.18 Å². The van der Waals surface area contributed by atoms with Crippen molar-refractivity contribution in [3.05, 3.63) is 23.2 Å². The Bertz CT molecular complexity index is 790. The lowest BCUT2D eigenvalue weighted by molar-refractivity contribution is -0.0424. The summed E-state index contributed by atoms with van der Waals surface area (Å²) in [5, 5.41) is 2.77. The Hall–Kier alpha value is -2.71. The second-order valence-electron chi connectivity index (χ2n) is 8.78. The quantitative estimate of drug-likeness (QED) is 0.715. The third-order valence-electron chi connectivity index (χ3n) is 5.55. The molecular formula is C19H24N4O5. The average molecular weight is 388 g/mol. The van der Waals surface area contributed by atoms with E-state index in [1.54, 1.807) is 6.07 Å². The molecule has 2 amide bonds. The van der Waals surface area contributed by atoms with Crippen LogP contribution >= 0.6 is 0 Å². The number of fused-ring (bicyclic) bond motifs is 2. The molecule has 28 heavy (non-hydrogen) atoms. The minimum absolute atomic E-state index is 0.00103. The van der Waals surface area contributed by atoms with Gasteiger partial charge in [0.25, 0.3) is 0 Å². The van der Waals surface area contributed by atoms with E-state index in [2.05, 4.69) is 10.2 Å². The molecule has 3 aliphatic heterocycles. The van der Waals surface area contributed by atoms with Gasteiger partial charge in [0, 0.05) is 24.9 Å². The first-order valence-electron chi connectivity index (χ1n) is 9.51. The van der Waals surface area contributed by atoms with Gasteiger partial charge in [-0.2, -0.15) is 0 Å². The number of carbonyl (C=O) groups is 2. The SMILES string of the molecule is CC(C)(C)OC(=O)N1C2CCC1CC1(C2)CN(c2ccc(N=O)nc2)C(=O)O1. The van der Waals surface area contributed by atoms with Crippen molar-refractivity contribution in [2.75, 3.05) is 11.4 Å². The fraction of sp³-hybridized carbons (Fsp3) is 0.632. The Kier molecular flexibility index (Phi) is 4.28. The number of hydrogen-bond donors (Lipinski definition) is 0. The second-order valence-corrected chi connectivity index (χ2v) is 8.78. The Morgan fingerprint density at radius 3 is 2.50 bits per heavy atom. The van der Waals surface area contributed by atoms with Crippen molar-refractivity contribution in [1.29, 1.82) is 0 Å². The molecule has 2 atom stereocenters. The third-order valence-corrected chi connectivity index (χ3v) is 5.55. The van der Waals surface area contributed by atoms with Crippen LogP contribution < -0.4 is 4.90 Å². The fourth-order valence-corrected chi connectivity index (χ4v) is 4.54. The molecule has 2 unspecified atom stereocenters. The number of piperidine rings is 1. The van der Waals surface area contributed by atoms with E-state index < -0.39 is 17.3 Å². The lowest BCUT2D eigenvalue weighted by Gasteiger charge is -2.43. The van der Waals surface area contributed by atoms with Gasteiger partial charge in [-0.15, -0.1) is 4.91 Å². The van der Waals surface area contributed by atoms with Crippen LogP contribution in [-0.2, 0) is 9.47 Å². The Labute approximate surface area is 163 Å². The highest BCUT2D eigenvalue weighted by Gasteiger charge is 2.57. The Morgan fingerprint density at radius 1 is 1.29 bits per heavy atom. The van der Waals surface area contributed by atoms with Crippen molar-refractivity contribution >= 4 is 23.7 Å². The molecule has 0 aliphatic carbocycles. The molecule has 1 aromatic rings. The van der Waals surface area contributed by atoms with Crippen molar-refractivity contribution in [3.63, 3.8) is 0 Å². The fourth-order valence-electron chi connectivity index (χ4n) is 4.54. The zero-order chi connectivity index (χ0) is 20.1. The molecular weight excluding hydrogens is 364 g/mol. The van der Waals surface area contributed by atoms with Gasteiger partial charge in [-0.1, -0.05) is 0 Å². The van der Waals surface area contributed by atoms with Gasteiger partial charge in [0.2, 0.25) is 0 Å². The van der Waals surface area contributed by atoms with Gasteiger partial charge in [0.15, 0.2) is 5.82 Å². The summed E-state index contributed by atoms with van der Waals surface area (Å²) in [6.45, 7) is 5.97. The highest BCUT2D eigenvalue weighted by molar-refractivity contribution is 5.90. The summed E-state index contributed by atoms with van der Waals surface area (Å²) in [7, 11) is 0. The minimum atomic E-state index is -0.622. The van der Waals surface area contributed by atoms with E-state index in [0.717, 1.165) is 12.8 Å². The average Bonchev–Trinajstić information content (AvgIpc) is 3.08. The summed E-state index contributed by atoms with van der Waals surface area (Å²) in [4.78, 5) is 43.0. The number of amides is 2. The van der Waals surface area contributed by atoms with Gasteiger partial charge in [-0.05, 0) is 50.9 Å². The van der Waals surface area contributed by atoms with Crippen molar-refractivity contribution in [3.8, 4) is 0 Å². The maximum atomic E-state index is 12.6. The number of anilines is 1. The number of nitrogens with zero attached hydrogens (tertiary/aromatic N) is 4. The van der Waals surface area contributed by atoms with Crippen molar-refractivity contribution in [2.45, 2.75) is 69.7 Å². The molecule has 1 aromatic heterocycles. The van der Waals surface area contributed by atoms with Crippen LogP contribution in [0, 0.1) is 4.91 Å². The number of carbonyl (C=O) groups excluding carboxylic acids is 2. The number of aromatic nitrogens is 1. The maximum Gasteiger partial charge on any atom is 0.415 e. The van der Waals surface area contributed by atoms with E-state index in [0.29, 0.717) is 25.1 Å². The van der Waals surface area contributed by atoms with Gasteiger partial charge >= 0.3 is 12.2 Å². The molecule has 0 aromatic carbocycles. The minimum Gasteiger partial charge on any atom is -0.444 e. The van der Waals surface area contributed by atoms with Crippen LogP contribution in [0.25, 0.3) is 0 Å². The summed E-state index contributed by atoms with van der Waals surface area (Å²) in [5.74, 6) is 0.0646. The van der Waals surface area contributed by atoms with Gasteiger partial charge < -0.3 is 14.4 Å². The van der Waals surface area contributed by atoms with E-state index in [-0.39, 0.29) is 24.0 Å². The van der Waals surface area contributed by atoms with Crippen molar-refractivity contribution in [1.82, 2.24) is 9.88 Å². The van der Waals surface area contributed by atoms with E-state index in [1.165, 1.54) is 17.2 Å². The van der Waals surface area contributed by atoms with Crippen molar-refractivity contribution < 1.29 is 19.1 Å².